The Hall–Kier alpha value is -2.57. The molecule has 1 heterocycles. The second-order valence-electron chi connectivity index (χ2n) is 6.36. The number of aromatic hydroxyl groups is 1. The Bertz CT molecular complexity index is 738. The van der Waals surface area contributed by atoms with E-state index in [4.69, 9.17) is 11.5 Å². The van der Waals surface area contributed by atoms with Crippen LogP contribution >= 0.6 is 0 Å². The summed E-state index contributed by atoms with van der Waals surface area (Å²) in [6.45, 7) is 8.15. The van der Waals surface area contributed by atoms with E-state index in [0.717, 1.165) is 30.8 Å². The Morgan fingerprint density at radius 2 is 1.67 bits per heavy atom. The fraction of sp³-hybridized carbons (Fsp3) is 0.381. The van der Waals surface area contributed by atoms with Crippen LogP contribution in [0.5, 0.6) is 5.75 Å². The molecule has 0 bridgehead atoms. The topological polar surface area (TPSA) is 95.8 Å². The molecule has 2 aromatic carbocycles. The number of amides is 1. The Morgan fingerprint density at radius 1 is 1.04 bits per heavy atom. The van der Waals surface area contributed by atoms with Gasteiger partial charge in [0.2, 0.25) is 0 Å². The number of nitrogen functional groups attached to an aromatic ring is 1. The van der Waals surface area contributed by atoms with Gasteiger partial charge in [-0.25, -0.2) is 0 Å². The monoisotopic (exact) mass is 370 g/mol. The molecule has 0 aromatic heterocycles. The number of anilines is 1. The number of benzene rings is 2. The number of carbonyl (C=O) groups excluding carboxylic acids is 1. The van der Waals surface area contributed by atoms with Gasteiger partial charge in [-0.05, 0) is 42.0 Å². The van der Waals surface area contributed by atoms with Gasteiger partial charge in [0.15, 0.2) is 0 Å². The molecule has 3 rings (SSSR count). The van der Waals surface area contributed by atoms with Crippen molar-refractivity contribution in [2.45, 2.75) is 26.9 Å². The Morgan fingerprint density at radius 3 is 2.26 bits per heavy atom. The van der Waals surface area contributed by atoms with Gasteiger partial charge in [0.1, 0.15) is 5.75 Å². The molecule has 0 aliphatic carbocycles. The second-order valence-corrected chi connectivity index (χ2v) is 6.36. The summed E-state index contributed by atoms with van der Waals surface area (Å²) in [5.74, 6) is 0.292. The maximum Gasteiger partial charge on any atom is 0.253 e. The van der Waals surface area contributed by atoms with Crippen molar-refractivity contribution in [3.8, 4) is 5.75 Å². The lowest BCUT2D eigenvalue weighted by Gasteiger charge is -2.35. The molecule has 1 aliphatic rings. The van der Waals surface area contributed by atoms with Crippen molar-refractivity contribution in [3.05, 3.63) is 59.2 Å². The molecule has 0 spiro atoms. The van der Waals surface area contributed by atoms with Crippen molar-refractivity contribution < 1.29 is 9.90 Å². The molecule has 0 saturated carbocycles. The van der Waals surface area contributed by atoms with E-state index in [1.165, 1.54) is 0 Å². The third-order valence-electron chi connectivity index (χ3n) is 4.59. The quantitative estimate of drug-likeness (QED) is 0.718. The predicted octanol–water partition coefficient (Wildman–Crippen LogP) is 2.42. The van der Waals surface area contributed by atoms with Gasteiger partial charge in [-0.2, -0.15) is 0 Å². The number of rotatable bonds is 4. The summed E-state index contributed by atoms with van der Waals surface area (Å²) >= 11 is 0. The van der Waals surface area contributed by atoms with E-state index in [0.29, 0.717) is 30.9 Å². The summed E-state index contributed by atoms with van der Waals surface area (Å²) < 4.78 is 0. The van der Waals surface area contributed by atoms with Crippen LogP contribution in [0.25, 0.3) is 0 Å². The third-order valence-corrected chi connectivity index (χ3v) is 4.59. The molecular formula is C21H30N4O2. The van der Waals surface area contributed by atoms with E-state index in [1.54, 1.807) is 30.3 Å². The number of phenolic OH excluding ortho intramolecular Hbond substituents is 1. The smallest absolute Gasteiger partial charge is 0.253 e. The first-order valence-corrected chi connectivity index (χ1v) is 9.45. The van der Waals surface area contributed by atoms with Crippen molar-refractivity contribution in [3.63, 3.8) is 0 Å². The molecule has 1 fully saturated rings. The Labute approximate surface area is 161 Å². The SMILES string of the molecule is CC.NCc1cc(CN2CCN(C(=O)c3ccc(N)cc3)CC2)ccc1O. The number of piperazine rings is 1. The lowest BCUT2D eigenvalue weighted by molar-refractivity contribution is 0.0628. The molecule has 2 aromatic rings. The zero-order chi connectivity index (χ0) is 19.8. The molecule has 146 valence electrons. The van der Waals surface area contributed by atoms with E-state index >= 15 is 0 Å². The molecule has 1 amide bonds. The minimum absolute atomic E-state index is 0.0506. The first-order valence-electron chi connectivity index (χ1n) is 9.45. The zero-order valence-electron chi connectivity index (χ0n) is 16.2. The van der Waals surface area contributed by atoms with Gasteiger partial charge in [-0.1, -0.05) is 19.9 Å². The minimum Gasteiger partial charge on any atom is -0.508 e. The Kier molecular flexibility index (Phi) is 7.64. The fourth-order valence-corrected chi connectivity index (χ4v) is 3.08. The maximum absolute atomic E-state index is 12.5. The van der Waals surface area contributed by atoms with Gasteiger partial charge < -0.3 is 21.5 Å². The molecule has 5 N–H and O–H groups in total. The van der Waals surface area contributed by atoms with Gasteiger partial charge in [-0.3, -0.25) is 9.69 Å². The largest absolute Gasteiger partial charge is 0.508 e. The summed E-state index contributed by atoms with van der Waals surface area (Å²) in [7, 11) is 0. The van der Waals surface area contributed by atoms with E-state index in [9.17, 15) is 9.90 Å². The lowest BCUT2D eigenvalue weighted by Crippen LogP contribution is -2.48. The average Bonchev–Trinajstić information content (AvgIpc) is 2.71. The van der Waals surface area contributed by atoms with E-state index in [2.05, 4.69) is 4.90 Å². The van der Waals surface area contributed by atoms with Crippen molar-refractivity contribution in [2.75, 3.05) is 31.9 Å². The number of hydrogen-bond donors (Lipinski definition) is 3. The normalized spacial score (nSPS) is 14.4. The number of hydrogen-bond acceptors (Lipinski definition) is 5. The number of nitrogens with zero attached hydrogens (tertiary/aromatic N) is 2. The highest BCUT2D eigenvalue weighted by atomic mass is 16.3. The first kappa shape index (κ1) is 20.7. The standard InChI is InChI=1S/C19H24N4O2.C2H6/c20-12-16-11-14(1-6-18(16)24)13-22-7-9-23(10-8-22)19(25)15-2-4-17(21)5-3-15;1-2/h1-6,11,24H,7-10,12-13,20-21H2;1-2H3. The summed E-state index contributed by atoms with van der Waals surface area (Å²) in [5.41, 5.74) is 14.5. The summed E-state index contributed by atoms with van der Waals surface area (Å²) in [6, 6.07) is 12.6. The van der Waals surface area contributed by atoms with Crippen LogP contribution in [0.15, 0.2) is 42.5 Å². The van der Waals surface area contributed by atoms with Gasteiger partial charge in [0.25, 0.3) is 5.91 Å². The maximum atomic E-state index is 12.5. The molecule has 0 unspecified atom stereocenters. The molecular weight excluding hydrogens is 340 g/mol. The Balaban J connectivity index is 0.00000126. The molecule has 27 heavy (non-hydrogen) atoms. The second kappa shape index (κ2) is 9.94. The average molecular weight is 370 g/mol. The molecule has 1 saturated heterocycles. The van der Waals surface area contributed by atoms with Crippen molar-refractivity contribution >= 4 is 11.6 Å². The highest BCUT2D eigenvalue weighted by Gasteiger charge is 2.22. The van der Waals surface area contributed by atoms with Crippen LogP contribution in [0, 0.1) is 0 Å². The zero-order valence-corrected chi connectivity index (χ0v) is 16.2. The van der Waals surface area contributed by atoms with Gasteiger partial charge in [0, 0.05) is 56.1 Å². The van der Waals surface area contributed by atoms with Crippen LogP contribution in [-0.2, 0) is 13.1 Å². The van der Waals surface area contributed by atoms with Gasteiger partial charge >= 0.3 is 0 Å². The number of nitrogens with two attached hydrogens (primary N) is 2. The van der Waals surface area contributed by atoms with Crippen molar-refractivity contribution in [2.24, 2.45) is 5.73 Å². The minimum atomic E-state index is 0.0506. The molecule has 6 nitrogen and oxygen atoms in total. The van der Waals surface area contributed by atoms with Crippen LogP contribution in [0.3, 0.4) is 0 Å². The van der Waals surface area contributed by atoms with Crippen molar-refractivity contribution in [1.82, 2.24) is 9.80 Å². The highest BCUT2D eigenvalue weighted by Crippen LogP contribution is 2.19. The van der Waals surface area contributed by atoms with E-state index in [1.807, 2.05) is 30.9 Å². The lowest BCUT2D eigenvalue weighted by atomic mass is 10.1. The van der Waals surface area contributed by atoms with Crippen LogP contribution in [-0.4, -0.2) is 47.0 Å². The van der Waals surface area contributed by atoms with Crippen LogP contribution < -0.4 is 11.5 Å². The first-order chi connectivity index (χ1) is 13.1. The number of carbonyl (C=O) groups is 1. The summed E-state index contributed by atoms with van der Waals surface area (Å²) in [4.78, 5) is 16.7. The van der Waals surface area contributed by atoms with E-state index < -0.39 is 0 Å². The molecule has 6 heteroatoms. The van der Waals surface area contributed by atoms with E-state index in [-0.39, 0.29) is 11.7 Å². The number of phenols is 1. The predicted molar refractivity (Wildman–Crippen MR) is 109 cm³/mol. The molecule has 0 radical (unpaired) electrons. The fourth-order valence-electron chi connectivity index (χ4n) is 3.08. The van der Waals surface area contributed by atoms with Crippen LogP contribution in [0.2, 0.25) is 0 Å². The van der Waals surface area contributed by atoms with Gasteiger partial charge in [-0.15, -0.1) is 0 Å². The van der Waals surface area contributed by atoms with Gasteiger partial charge in [0.05, 0.1) is 0 Å². The summed E-state index contributed by atoms with van der Waals surface area (Å²) in [6.07, 6.45) is 0. The van der Waals surface area contributed by atoms with Crippen LogP contribution in [0.1, 0.15) is 35.3 Å². The highest BCUT2D eigenvalue weighted by molar-refractivity contribution is 5.94. The molecule has 1 aliphatic heterocycles. The van der Waals surface area contributed by atoms with Crippen LogP contribution in [0.4, 0.5) is 5.69 Å². The van der Waals surface area contributed by atoms with Crippen molar-refractivity contribution in [1.29, 1.82) is 0 Å². The third kappa shape index (κ3) is 5.45. The summed E-state index contributed by atoms with van der Waals surface area (Å²) in [5, 5.41) is 9.72. The molecule has 0 atom stereocenters.